The predicted octanol–water partition coefficient (Wildman–Crippen LogP) is 4.59. The van der Waals surface area contributed by atoms with E-state index >= 15 is 0 Å². The number of benzene rings is 3. The van der Waals surface area contributed by atoms with E-state index in [1.165, 1.54) is 5.56 Å². The maximum Gasteiger partial charge on any atom is 1.00 e. The van der Waals surface area contributed by atoms with E-state index in [1.54, 1.807) is 6.92 Å². The summed E-state index contributed by atoms with van der Waals surface area (Å²) in [5, 5.41) is 13.2. The fourth-order valence-corrected chi connectivity index (χ4v) is 6.83. The molecule has 1 aliphatic rings. The third kappa shape index (κ3) is 8.56. The minimum absolute atomic E-state index is 0. The molecule has 0 bridgehead atoms. The standard InChI is InChI=1S/C34H32ClNO3S.Na/c1-23(37)30-8-3-2-6-25(30)12-16-32(40-22-34(17-18-34)21-33(38)39)27-7-4-5-24(19-27)9-14-29-15-11-26-10-13-28(35)20-31(26)36-29;/h2-11,13-15,19-20,32H,12,16-18,21-22H2,1H3,(H,38,39);/q;+1/p-1/b14-9+;/t32-;/m1./s1. The zero-order valence-corrected chi connectivity index (χ0v) is 27.0. The molecule has 1 aliphatic carbocycles. The summed E-state index contributed by atoms with van der Waals surface area (Å²) in [6.45, 7) is 1.61. The number of carbonyl (C=O) groups excluding carboxylic acids is 2. The average Bonchev–Trinajstić information content (AvgIpc) is 3.70. The first-order valence-electron chi connectivity index (χ1n) is 13.5. The van der Waals surface area contributed by atoms with Gasteiger partial charge in [-0.05, 0) is 91.2 Å². The number of aliphatic carboxylic acids is 1. The molecule has 0 unspecified atom stereocenters. The van der Waals surface area contributed by atoms with Crippen molar-refractivity contribution < 1.29 is 44.3 Å². The van der Waals surface area contributed by atoms with Crippen molar-refractivity contribution in [1.82, 2.24) is 4.98 Å². The third-order valence-corrected chi connectivity index (χ3v) is 9.47. The number of hydrogen-bond acceptors (Lipinski definition) is 5. The molecule has 204 valence electrons. The number of thioether (sulfide) groups is 1. The van der Waals surface area contributed by atoms with Crippen LogP contribution in [0.4, 0.5) is 0 Å². The summed E-state index contributed by atoms with van der Waals surface area (Å²) in [4.78, 5) is 28.2. The second-order valence-corrected chi connectivity index (χ2v) is 12.3. The molecule has 1 atom stereocenters. The summed E-state index contributed by atoms with van der Waals surface area (Å²) >= 11 is 7.97. The monoisotopic (exact) mass is 591 g/mol. The molecule has 0 amide bonds. The van der Waals surface area contributed by atoms with Crippen molar-refractivity contribution in [3.8, 4) is 0 Å². The number of fused-ring (bicyclic) bond motifs is 1. The smallest absolute Gasteiger partial charge is 0.550 e. The summed E-state index contributed by atoms with van der Waals surface area (Å²) in [6, 6.07) is 26.0. The molecule has 4 aromatic rings. The van der Waals surface area contributed by atoms with Crippen LogP contribution in [0.15, 0.2) is 78.9 Å². The van der Waals surface area contributed by atoms with Gasteiger partial charge in [0, 0.05) is 27.2 Å². The van der Waals surface area contributed by atoms with Gasteiger partial charge in [0.15, 0.2) is 5.78 Å². The zero-order chi connectivity index (χ0) is 28.1. The average molecular weight is 592 g/mol. The Morgan fingerprint density at radius 3 is 2.56 bits per heavy atom. The molecule has 7 heteroatoms. The zero-order valence-electron chi connectivity index (χ0n) is 23.4. The van der Waals surface area contributed by atoms with Gasteiger partial charge in [0.1, 0.15) is 0 Å². The van der Waals surface area contributed by atoms with Crippen molar-refractivity contribution in [3.63, 3.8) is 0 Å². The normalized spacial score (nSPS) is 14.5. The second kappa shape index (κ2) is 14.2. The Kier molecular flexibility index (Phi) is 10.9. The number of Topliss-reactive ketones (excluding diaryl/α,β-unsaturated/α-hetero) is 1. The predicted molar refractivity (Wildman–Crippen MR) is 163 cm³/mol. The quantitative estimate of drug-likeness (QED) is 0.178. The SMILES string of the molecule is CC(=O)c1ccccc1CC[C@@H](SCC1(CC(=O)[O-])CC1)c1cccc(/C=C/c2ccc3ccc(Cl)cc3n2)c1.[Na+]. The summed E-state index contributed by atoms with van der Waals surface area (Å²) in [5.41, 5.74) is 5.63. The topological polar surface area (TPSA) is 70.1 Å². The first-order valence-corrected chi connectivity index (χ1v) is 15.0. The molecular formula is C34H31ClNNaO3S. The molecule has 1 heterocycles. The van der Waals surface area contributed by atoms with Crippen LogP contribution in [0.25, 0.3) is 23.1 Å². The van der Waals surface area contributed by atoms with Crippen molar-refractivity contribution in [2.45, 2.75) is 44.3 Å². The maximum atomic E-state index is 12.2. The molecule has 0 spiro atoms. The number of carbonyl (C=O) groups is 2. The van der Waals surface area contributed by atoms with E-state index in [1.807, 2.05) is 72.4 Å². The van der Waals surface area contributed by atoms with Crippen molar-refractivity contribution in [1.29, 1.82) is 0 Å². The molecule has 1 fully saturated rings. The van der Waals surface area contributed by atoms with Crippen molar-refractivity contribution >= 4 is 58.2 Å². The number of rotatable bonds is 12. The van der Waals surface area contributed by atoms with Gasteiger partial charge in [0.25, 0.3) is 0 Å². The molecule has 0 saturated heterocycles. The molecule has 0 N–H and O–H groups in total. The minimum atomic E-state index is -0.971. The number of hydrogen-bond donors (Lipinski definition) is 0. The van der Waals surface area contributed by atoms with Crippen LogP contribution in [0.5, 0.6) is 0 Å². The molecule has 3 aromatic carbocycles. The number of ketones is 1. The van der Waals surface area contributed by atoms with Gasteiger partial charge in [-0.3, -0.25) is 4.79 Å². The van der Waals surface area contributed by atoms with Crippen LogP contribution in [0, 0.1) is 5.41 Å². The number of nitrogens with zero attached hydrogens (tertiary/aromatic N) is 1. The van der Waals surface area contributed by atoms with Crippen LogP contribution in [0.2, 0.25) is 5.02 Å². The second-order valence-electron chi connectivity index (χ2n) is 10.7. The number of carboxylic acids is 1. The fourth-order valence-electron chi connectivity index (χ4n) is 5.09. The fraction of sp³-hybridized carbons (Fsp3) is 0.265. The molecule has 0 aliphatic heterocycles. The Balaban J connectivity index is 0.00000387. The molecule has 5 rings (SSSR count). The van der Waals surface area contributed by atoms with Gasteiger partial charge in [-0.15, -0.1) is 0 Å². The maximum absolute atomic E-state index is 12.2. The molecule has 1 saturated carbocycles. The van der Waals surface area contributed by atoms with E-state index in [0.29, 0.717) is 5.02 Å². The van der Waals surface area contributed by atoms with Crippen LogP contribution in [0.3, 0.4) is 0 Å². The first-order chi connectivity index (χ1) is 19.3. The Morgan fingerprint density at radius 2 is 1.80 bits per heavy atom. The summed E-state index contributed by atoms with van der Waals surface area (Å²) in [6.07, 6.45) is 7.66. The van der Waals surface area contributed by atoms with Crippen LogP contribution in [0.1, 0.15) is 70.6 Å². The largest absolute Gasteiger partial charge is 1.00 e. The molecule has 4 nitrogen and oxygen atoms in total. The minimum Gasteiger partial charge on any atom is -0.550 e. The van der Waals surface area contributed by atoms with Crippen molar-refractivity contribution in [3.05, 3.63) is 112 Å². The summed E-state index contributed by atoms with van der Waals surface area (Å²) in [5.74, 6) is -0.118. The van der Waals surface area contributed by atoms with E-state index < -0.39 is 5.97 Å². The van der Waals surface area contributed by atoms with Gasteiger partial charge in [-0.1, -0.05) is 78.3 Å². The van der Waals surface area contributed by atoms with Gasteiger partial charge in [0.05, 0.1) is 11.2 Å². The first kappa shape index (κ1) is 31.5. The molecular weight excluding hydrogens is 561 g/mol. The van der Waals surface area contributed by atoms with Crippen molar-refractivity contribution in [2.75, 3.05) is 5.75 Å². The van der Waals surface area contributed by atoms with Crippen LogP contribution in [-0.2, 0) is 11.2 Å². The number of halogens is 1. The van der Waals surface area contributed by atoms with E-state index in [9.17, 15) is 14.7 Å². The Morgan fingerprint density at radius 1 is 1.02 bits per heavy atom. The van der Waals surface area contributed by atoms with Gasteiger partial charge in [0.2, 0.25) is 0 Å². The van der Waals surface area contributed by atoms with Gasteiger partial charge in [-0.25, -0.2) is 4.98 Å². The molecule has 41 heavy (non-hydrogen) atoms. The number of aryl methyl sites for hydroxylation is 1. The van der Waals surface area contributed by atoms with Gasteiger partial charge in [-0.2, -0.15) is 11.8 Å². The summed E-state index contributed by atoms with van der Waals surface area (Å²) < 4.78 is 0. The van der Waals surface area contributed by atoms with Crippen LogP contribution in [-0.4, -0.2) is 22.5 Å². The van der Waals surface area contributed by atoms with Crippen LogP contribution < -0.4 is 34.7 Å². The van der Waals surface area contributed by atoms with E-state index in [0.717, 1.165) is 64.7 Å². The summed E-state index contributed by atoms with van der Waals surface area (Å²) in [7, 11) is 0. The number of aromatic nitrogens is 1. The van der Waals surface area contributed by atoms with E-state index in [4.69, 9.17) is 16.6 Å². The molecule has 1 aromatic heterocycles. The number of pyridine rings is 1. The van der Waals surface area contributed by atoms with E-state index in [2.05, 4.69) is 30.3 Å². The number of carboxylic acid groups (broad SMARTS) is 1. The van der Waals surface area contributed by atoms with Gasteiger partial charge >= 0.3 is 29.6 Å². The third-order valence-electron chi connectivity index (χ3n) is 7.54. The Hall–Kier alpha value is -2.41. The van der Waals surface area contributed by atoms with Crippen molar-refractivity contribution in [2.24, 2.45) is 5.41 Å². The van der Waals surface area contributed by atoms with Gasteiger partial charge < -0.3 is 9.90 Å². The Bertz CT molecular complexity index is 1580. The Labute approximate surface area is 272 Å². The molecule has 0 radical (unpaired) electrons. The van der Waals surface area contributed by atoms with Crippen LogP contribution >= 0.6 is 23.4 Å². The van der Waals surface area contributed by atoms with E-state index in [-0.39, 0.29) is 52.4 Å².